The van der Waals surface area contributed by atoms with Crippen LogP contribution in [0.25, 0.3) is 0 Å². The topological polar surface area (TPSA) is 50.9 Å². The first kappa shape index (κ1) is 25.6. The highest BCUT2D eigenvalue weighted by Gasteiger charge is 2.34. The lowest BCUT2D eigenvalue weighted by molar-refractivity contribution is -0.136. The van der Waals surface area contributed by atoms with Crippen LogP contribution in [-0.4, -0.2) is 57.8 Å². The Bertz CT molecular complexity index is 1000. The molecule has 2 amide bonds. The zero-order valence-electron chi connectivity index (χ0n) is 19.8. The number of rotatable bonds is 6. The van der Waals surface area contributed by atoms with Crippen molar-refractivity contribution < 1.29 is 22.4 Å². The highest BCUT2D eigenvalue weighted by molar-refractivity contribution is 5.91. The van der Waals surface area contributed by atoms with Crippen LogP contribution in [-0.2, 0) is 6.18 Å². The number of benzene rings is 2. The average molecular weight is 482 g/mol. The molecule has 1 fully saturated rings. The smallest absolute Gasteiger partial charge is 0.378 e. The van der Waals surface area contributed by atoms with Gasteiger partial charge in [0, 0.05) is 57.2 Å². The number of carbonyl (C=O) groups excluding carboxylic acids is 1. The summed E-state index contributed by atoms with van der Waals surface area (Å²) in [6, 6.07) is 6.69. The van der Waals surface area contributed by atoms with Gasteiger partial charge >= 0.3 is 12.2 Å². The summed E-state index contributed by atoms with van der Waals surface area (Å²) < 4.78 is 54.8. The van der Waals surface area contributed by atoms with Crippen molar-refractivity contribution in [3.63, 3.8) is 0 Å². The van der Waals surface area contributed by atoms with Crippen molar-refractivity contribution in [1.29, 1.82) is 0 Å². The predicted molar refractivity (Wildman–Crippen MR) is 127 cm³/mol. The Morgan fingerprint density at radius 2 is 1.76 bits per heavy atom. The number of carbonyl (C=O) groups is 1. The number of hydrogen-bond donors (Lipinski definition) is 2. The zero-order valence-corrected chi connectivity index (χ0v) is 19.8. The summed E-state index contributed by atoms with van der Waals surface area (Å²) in [5.74, 6) is -0.446. The number of halogens is 4. The number of urea groups is 1. The van der Waals surface area contributed by atoms with Crippen LogP contribution in [0.3, 0.4) is 0 Å². The van der Waals surface area contributed by atoms with Gasteiger partial charge < -0.3 is 25.3 Å². The van der Waals surface area contributed by atoms with Gasteiger partial charge in [0.25, 0.3) is 0 Å². The largest absolute Gasteiger partial charge is 0.418 e. The molecule has 0 radical (unpaired) electrons. The molecule has 2 aromatic rings. The highest BCUT2D eigenvalue weighted by Crippen LogP contribution is 2.37. The number of likely N-dealkylation sites (N-methyl/N-ethyl adjacent to an activating group) is 1. The highest BCUT2D eigenvalue weighted by atomic mass is 19.4. The summed E-state index contributed by atoms with van der Waals surface area (Å²) in [5.41, 5.74) is 0.439. The molecule has 3 rings (SSSR count). The van der Waals surface area contributed by atoms with Gasteiger partial charge in [-0.1, -0.05) is 6.92 Å². The fraction of sp³-hybridized carbons (Fsp3) is 0.458. The van der Waals surface area contributed by atoms with E-state index in [2.05, 4.69) is 27.4 Å². The third kappa shape index (κ3) is 6.11. The van der Waals surface area contributed by atoms with Crippen LogP contribution in [0.1, 0.15) is 31.0 Å². The second kappa shape index (κ2) is 10.5. The Morgan fingerprint density at radius 1 is 1.09 bits per heavy atom. The number of nitrogens with zero attached hydrogens (tertiary/aromatic N) is 3. The van der Waals surface area contributed by atoms with E-state index >= 15 is 0 Å². The van der Waals surface area contributed by atoms with Crippen molar-refractivity contribution in [1.82, 2.24) is 10.2 Å². The Morgan fingerprint density at radius 3 is 2.35 bits per heavy atom. The molecule has 1 unspecified atom stereocenters. The summed E-state index contributed by atoms with van der Waals surface area (Å²) in [4.78, 5) is 18.6. The maximum absolute atomic E-state index is 14.1. The minimum absolute atomic E-state index is 0.349. The molecular weight excluding hydrogens is 450 g/mol. The number of hydrogen-bond acceptors (Lipinski definition) is 4. The molecule has 0 saturated carbocycles. The van der Waals surface area contributed by atoms with Crippen LogP contribution in [0.2, 0.25) is 0 Å². The molecule has 0 aliphatic carbocycles. The molecule has 6 nitrogen and oxygen atoms in total. The van der Waals surface area contributed by atoms with Crippen molar-refractivity contribution in [2.24, 2.45) is 0 Å². The molecule has 1 atom stereocenters. The van der Waals surface area contributed by atoms with Crippen molar-refractivity contribution in [2.45, 2.75) is 26.1 Å². The molecular formula is C24H31F4N5O. The third-order valence-electron chi connectivity index (χ3n) is 6.04. The van der Waals surface area contributed by atoms with Crippen molar-refractivity contribution in [2.75, 3.05) is 61.9 Å². The van der Waals surface area contributed by atoms with Gasteiger partial charge in [-0.3, -0.25) is 0 Å². The summed E-state index contributed by atoms with van der Waals surface area (Å²) >= 11 is 0. The first-order chi connectivity index (χ1) is 16.0. The van der Waals surface area contributed by atoms with Gasteiger partial charge in [0.05, 0.1) is 17.3 Å². The van der Waals surface area contributed by atoms with Gasteiger partial charge in [0.15, 0.2) is 0 Å². The van der Waals surface area contributed by atoms with Gasteiger partial charge in [-0.15, -0.1) is 0 Å². The van der Waals surface area contributed by atoms with Crippen LogP contribution < -0.4 is 20.4 Å². The number of amides is 2. The van der Waals surface area contributed by atoms with Crippen LogP contribution in [0, 0.1) is 5.82 Å². The minimum Gasteiger partial charge on any atom is -0.378 e. The lowest BCUT2D eigenvalue weighted by Crippen LogP contribution is -2.46. The Balaban J connectivity index is 1.77. The van der Waals surface area contributed by atoms with E-state index in [9.17, 15) is 22.4 Å². The molecule has 1 aliphatic rings. The molecule has 0 bridgehead atoms. The molecule has 1 heterocycles. The van der Waals surface area contributed by atoms with E-state index in [0.717, 1.165) is 44.5 Å². The molecule has 10 heteroatoms. The van der Waals surface area contributed by atoms with Crippen molar-refractivity contribution >= 4 is 23.1 Å². The summed E-state index contributed by atoms with van der Waals surface area (Å²) in [6.45, 7) is 8.01. The first-order valence-electron chi connectivity index (χ1n) is 11.2. The monoisotopic (exact) mass is 481 g/mol. The Hall–Kier alpha value is -3.01. The summed E-state index contributed by atoms with van der Waals surface area (Å²) in [5, 5.41) is 4.96. The van der Waals surface area contributed by atoms with Crippen molar-refractivity contribution in [3.05, 3.63) is 53.3 Å². The lowest BCUT2D eigenvalue weighted by Gasteiger charge is -2.37. The molecule has 34 heavy (non-hydrogen) atoms. The van der Waals surface area contributed by atoms with E-state index < -0.39 is 29.6 Å². The molecule has 186 valence electrons. The van der Waals surface area contributed by atoms with Crippen LogP contribution in [0.15, 0.2) is 36.4 Å². The van der Waals surface area contributed by atoms with Crippen molar-refractivity contribution in [3.8, 4) is 0 Å². The Labute approximate surface area is 197 Å². The van der Waals surface area contributed by atoms with Crippen LogP contribution >= 0.6 is 0 Å². The molecule has 0 spiro atoms. The second-order valence-electron chi connectivity index (χ2n) is 8.57. The predicted octanol–water partition coefficient (Wildman–Crippen LogP) is 4.94. The molecule has 2 N–H and O–H groups in total. The van der Waals surface area contributed by atoms with Gasteiger partial charge in [-0.05, 0) is 49.9 Å². The van der Waals surface area contributed by atoms with Gasteiger partial charge in [0.2, 0.25) is 0 Å². The maximum atomic E-state index is 14.1. The van der Waals surface area contributed by atoms with Crippen LogP contribution in [0.5, 0.6) is 0 Å². The number of nitrogens with one attached hydrogen (secondary N) is 2. The fourth-order valence-corrected chi connectivity index (χ4v) is 4.05. The molecule has 1 saturated heterocycles. The van der Waals surface area contributed by atoms with E-state index in [1.54, 1.807) is 32.0 Å². The van der Waals surface area contributed by atoms with Crippen LogP contribution in [0.4, 0.5) is 39.4 Å². The first-order valence-corrected chi connectivity index (χ1v) is 11.2. The maximum Gasteiger partial charge on any atom is 0.418 e. The lowest BCUT2D eigenvalue weighted by atomic mass is 10.0. The van der Waals surface area contributed by atoms with E-state index in [4.69, 9.17) is 0 Å². The van der Waals surface area contributed by atoms with Gasteiger partial charge in [-0.25, -0.2) is 9.18 Å². The van der Waals surface area contributed by atoms with E-state index in [1.807, 2.05) is 0 Å². The quantitative estimate of drug-likeness (QED) is 0.575. The van der Waals surface area contributed by atoms with Gasteiger partial charge in [0.1, 0.15) is 5.82 Å². The Kier molecular flexibility index (Phi) is 7.91. The summed E-state index contributed by atoms with van der Waals surface area (Å²) in [6.07, 6.45) is -4.64. The fourth-order valence-electron chi connectivity index (χ4n) is 4.05. The number of anilines is 3. The zero-order chi connectivity index (χ0) is 25.0. The van der Waals surface area contributed by atoms with E-state index in [-0.39, 0.29) is 5.69 Å². The normalized spacial score (nSPS) is 15.7. The molecule has 1 aliphatic heterocycles. The van der Waals surface area contributed by atoms with Gasteiger partial charge in [-0.2, -0.15) is 13.2 Å². The molecule has 2 aromatic carbocycles. The standard InChI is InChI=1S/C24H31F4N5O/c1-5-32-10-12-33(13-11-32)22-9-6-17(25)14-19(22)16(2)29-23(34)30-21-8-7-18(31(3)4)15-20(21)24(26,27)28/h6-9,14-16H,5,10-13H2,1-4H3,(H2,29,30,34). The van der Waals surface area contributed by atoms with E-state index in [0.29, 0.717) is 11.3 Å². The average Bonchev–Trinajstić information content (AvgIpc) is 2.78. The number of alkyl halides is 3. The third-order valence-corrected chi connectivity index (χ3v) is 6.04. The minimum atomic E-state index is -4.64. The second-order valence-corrected chi connectivity index (χ2v) is 8.57. The SMILES string of the molecule is CCN1CCN(c2ccc(F)cc2C(C)NC(=O)Nc2ccc(N(C)C)cc2C(F)(F)F)CC1. The van der Waals surface area contributed by atoms with E-state index in [1.165, 1.54) is 24.3 Å². The summed E-state index contributed by atoms with van der Waals surface area (Å²) in [7, 11) is 3.27. The molecule has 0 aromatic heterocycles. The number of piperazine rings is 1.